The maximum atomic E-state index is 4.26. The molecular formula is C17H26N+. The van der Waals surface area contributed by atoms with Crippen LogP contribution in [0.3, 0.4) is 0 Å². The molecule has 0 spiro atoms. The van der Waals surface area contributed by atoms with Crippen LogP contribution in [0.4, 0.5) is 0 Å². The van der Waals surface area contributed by atoms with Crippen LogP contribution in [0.2, 0.25) is 0 Å². The molecule has 3 atom stereocenters. The van der Waals surface area contributed by atoms with E-state index in [1.54, 1.807) is 11.1 Å². The normalized spacial score (nSPS) is 38.9. The van der Waals surface area contributed by atoms with Crippen molar-refractivity contribution in [1.82, 2.24) is 0 Å². The molecule has 1 heteroatoms. The molecule has 0 radical (unpaired) electrons. The van der Waals surface area contributed by atoms with Gasteiger partial charge in [0.2, 0.25) is 0 Å². The molecule has 1 fully saturated rings. The van der Waals surface area contributed by atoms with E-state index < -0.39 is 0 Å². The number of benzene rings is 1. The second-order valence-electron chi connectivity index (χ2n) is 6.92. The highest BCUT2D eigenvalue weighted by Gasteiger charge is 2.51. The van der Waals surface area contributed by atoms with Gasteiger partial charge in [0, 0.05) is 5.41 Å². The first-order valence-corrected chi connectivity index (χ1v) is 7.48. The fourth-order valence-corrected chi connectivity index (χ4v) is 4.86. The Morgan fingerprint density at radius 3 is 2.78 bits per heavy atom. The van der Waals surface area contributed by atoms with Gasteiger partial charge < -0.3 is 5.73 Å². The number of hydrogen-bond acceptors (Lipinski definition) is 0. The third kappa shape index (κ3) is 1.56. The van der Waals surface area contributed by atoms with Gasteiger partial charge >= 0.3 is 0 Å². The van der Waals surface area contributed by atoms with Crippen LogP contribution in [0.25, 0.3) is 0 Å². The van der Waals surface area contributed by atoms with E-state index >= 15 is 0 Å². The Bertz CT molecular complexity index is 453. The molecule has 0 bridgehead atoms. The van der Waals surface area contributed by atoms with E-state index in [2.05, 4.69) is 43.8 Å². The zero-order valence-corrected chi connectivity index (χ0v) is 11.8. The summed E-state index contributed by atoms with van der Waals surface area (Å²) in [5, 5.41) is 0. The van der Waals surface area contributed by atoms with Crippen LogP contribution in [0, 0.1) is 11.3 Å². The van der Waals surface area contributed by atoms with Gasteiger partial charge in [0.1, 0.15) is 0 Å². The molecule has 0 saturated heterocycles. The van der Waals surface area contributed by atoms with Crippen molar-refractivity contribution in [2.45, 2.75) is 51.4 Å². The van der Waals surface area contributed by atoms with Gasteiger partial charge in [-0.3, -0.25) is 0 Å². The maximum Gasteiger partial charge on any atom is 0.0797 e. The van der Waals surface area contributed by atoms with Gasteiger partial charge in [-0.25, -0.2) is 0 Å². The van der Waals surface area contributed by atoms with E-state index in [4.69, 9.17) is 0 Å². The average molecular weight is 244 g/mol. The Morgan fingerprint density at radius 2 is 2.00 bits per heavy atom. The molecule has 0 unspecified atom stereocenters. The molecule has 1 saturated carbocycles. The quantitative estimate of drug-likeness (QED) is 0.786. The predicted octanol–water partition coefficient (Wildman–Crippen LogP) is 2.94. The summed E-state index contributed by atoms with van der Waals surface area (Å²) in [6.45, 7) is 6.09. The van der Waals surface area contributed by atoms with Gasteiger partial charge in [0.25, 0.3) is 0 Å². The molecule has 2 aliphatic carbocycles. The van der Waals surface area contributed by atoms with Gasteiger partial charge in [-0.1, -0.05) is 44.5 Å². The second-order valence-corrected chi connectivity index (χ2v) is 6.92. The summed E-state index contributed by atoms with van der Waals surface area (Å²) < 4.78 is 0. The van der Waals surface area contributed by atoms with E-state index in [0.29, 0.717) is 10.8 Å². The molecule has 0 aliphatic heterocycles. The highest BCUT2D eigenvalue weighted by atomic mass is 14.7. The van der Waals surface area contributed by atoms with Gasteiger partial charge in [-0.15, -0.1) is 0 Å². The molecule has 1 aromatic rings. The molecule has 1 nitrogen and oxygen atoms in total. The van der Waals surface area contributed by atoms with Crippen LogP contribution in [-0.4, -0.2) is 6.54 Å². The van der Waals surface area contributed by atoms with E-state index in [-0.39, 0.29) is 0 Å². The van der Waals surface area contributed by atoms with E-state index in [1.807, 2.05) is 0 Å². The topological polar surface area (TPSA) is 27.6 Å². The number of rotatable bonds is 1. The van der Waals surface area contributed by atoms with E-state index in [9.17, 15) is 0 Å². The van der Waals surface area contributed by atoms with Crippen LogP contribution >= 0.6 is 0 Å². The largest absolute Gasteiger partial charge is 0.357 e. The van der Waals surface area contributed by atoms with Crippen molar-refractivity contribution in [1.29, 1.82) is 0 Å². The second kappa shape index (κ2) is 4.09. The van der Waals surface area contributed by atoms with Gasteiger partial charge in [0.05, 0.1) is 6.54 Å². The van der Waals surface area contributed by atoms with Crippen molar-refractivity contribution < 1.29 is 5.73 Å². The van der Waals surface area contributed by atoms with Crippen molar-refractivity contribution in [3.8, 4) is 0 Å². The van der Waals surface area contributed by atoms with Gasteiger partial charge in [0.15, 0.2) is 0 Å². The highest BCUT2D eigenvalue weighted by molar-refractivity contribution is 5.38. The molecule has 0 heterocycles. The highest BCUT2D eigenvalue weighted by Crippen LogP contribution is 2.56. The van der Waals surface area contributed by atoms with Crippen molar-refractivity contribution in [2.24, 2.45) is 11.3 Å². The molecule has 3 rings (SSSR count). The average Bonchev–Trinajstić information content (AvgIpc) is 2.39. The summed E-state index contributed by atoms with van der Waals surface area (Å²) >= 11 is 0. The molecular weight excluding hydrogens is 218 g/mol. The first-order valence-electron chi connectivity index (χ1n) is 7.48. The molecule has 18 heavy (non-hydrogen) atoms. The zero-order valence-electron chi connectivity index (χ0n) is 11.8. The lowest BCUT2D eigenvalue weighted by atomic mass is 9.50. The first kappa shape index (κ1) is 12.2. The van der Waals surface area contributed by atoms with Crippen LogP contribution in [0.5, 0.6) is 0 Å². The molecule has 3 N–H and O–H groups in total. The lowest BCUT2D eigenvalue weighted by Crippen LogP contribution is -2.63. The smallest absolute Gasteiger partial charge is 0.0797 e. The predicted molar refractivity (Wildman–Crippen MR) is 75.3 cm³/mol. The summed E-state index contributed by atoms with van der Waals surface area (Å²) in [5.74, 6) is 0.825. The molecule has 98 valence electrons. The minimum absolute atomic E-state index is 0.402. The Morgan fingerprint density at radius 1 is 1.22 bits per heavy atom. The third-order valence-corrected chi connectivity index (χ3v) is 5.96. The fourth-order valence-electron chi connectivity index (χ4n) is 4.86. The lowest BCUT2D eigenvalue weighted by Gasteiger charge is -2.54. The number of fused-ring (bicyclic) bond motifs is 3. The van der Waals surface area contributed by atoms with Gasteiger partial charge in [-0.2, -0.15) is 0 Å². The van der Waals surface area contributed by atoms with Crippen LogP contribution in [0.15, 0.2) is 24.3 Å². The number of aryl methyl sites for hydroxylation is 1. The maximum absolute atomic E-state index is 4.26. The summed E-state index contributed by atoms with van der Waals surface area (Å²) in [7, 11) is 0. The first-order chi connectivity index (χ1) is 8.60. The van der Waals surface area contributed by atoms with Crippen molar-refractivity contribution in [3.05, 3.63) is 35.4 Å². The van der Waals surface area contributed by atoms with Crippen LogP contribution in [0.1, 0.15) is 50.7 Å². The van der Waals surface area contributed by atoms with E-state index in [1.165, 1.54) is 32.1 Å². The summed E-state index contributed by atoms with van der Waals surface area (Å²) in [4.78, 5) is 0. The zero-order chi connectivity index (χ0) is 12.8. The number of quaternary nitrogens is 1. The van der Waals surface area contributed by atoms with Gasteiger partial charge in [-0.05, 0) is 48.1 Å². The monoisotopic (exact) mass is 244 g/mol. The summed E-state index contributed by atoms with van der Waals surface area (Å²) in [5.41, 5.74) is 8.36. The van der Waals surface area contributed by atoms with Crippen molar-refractivity contribution in [3.63, 3.8) is 0 Å². The minimum atomic E-state index is 0.402. The number of hydrogen-bond donors (Lipinski definition) is 1. The Kier molecular flexibility index (Phi) is 2.78. The standard InChI is InChI=1S/C17H25N/c1-16(12-18)10-5-11-17(2)14-7-4-3-6-13(14)8-9-15(16)17/h3-4,6-7,15H,5,8-12,18H2,1-2H3/p+1/t15-,16-,17+/m0/s1. The molecule has 0 amide bonds. The Balaban J connectivity index is 2.09. The fraction of sp³-hybridized carbons (Fsp3) is 0.647. The third-order valence-electron chi connectivity index (χ3n) is 5.96. The van der Waals surface area contributed by atoms with E-state index in [0.717, 1.165) is 12.5 Å². The summed E-state index contributed by atoms with van der Waals surface area (Å²) in [6.07, 6.45) is 6.74. The van der Waals surface area contributed by atoms with Crippen molar-refractivity contribution >= 4 is 0 Å². The lowest BCUT2D eigenvalue weighted by molar-refractivity contribution is -0.399. The molecule has 1 aromatic carbocycles. The Labute approximate surface area is 111 Å². The Hall–Kier alpha value is -0.820. The van der Waals surface area contributed by atoms with Crippen molar-refractivity contribution in [2.75, 3.05) is 6.54 Å². The minimum Gasteiger partial charge on any atom is -0.357 e. The van der Waals surface area contributed by atoms with Crippen LogP contribution < -0.4 is 5.73 Å². The SMILES string of the molecule is C[C@@]1(C[NH3+])CCC[C@]2(C)c3ccccc3CC[C@@H]12. The summed E-state index contributed by atoms with van der Waals surface area (Å²) in [6, 6.07) is 9.15. The van der Waals surface area contributed by atoms with Crippen LogP contribution in [-0.2, 0) is 11.8 Å². The molecule has 2 aliphatic rings. The molecule has 0 aromatic heterocycles.